The van der Waals surface area contributed by atoms with Crippen LogP contribution in [-0.2, 0) is 5.41 Å². The first-order valence-corrected chi connectivity index (χ1v) is 19.4. The zero-order valence-electron chi connectivity index (χ0n) is 28.5. The van der Waals surface area contributed by atoms with Crippen molar-refractivity contribution >= 4 is 50.2 Å². The maximum absolute atomic E-state index is 3.62. The van der Waals surface area contributed by atoms with Crippen molar-refractivity contribution in [1.82, 2.24) is 0 Å². The highest BCUT2D eigenvalue weighted by Gasteiger charge is 2.56. The molecular formula is C49H37NS. The van der Waals surface area contributed by atoms with Crippen LogP contribution < -0.4 is 14.7 Å². The molecule has 6 aromatic rings. The number of thiophene rings is 1. The number of anilines is 2. The van der Waals surface area contributed by atoms with E-state index in [-0.39, 0.29) is 5.41 Å². The number of benzene rings is 5. The summed E-state index contributed by atoms with van der Waals surface area (Å²) in [6, 6.07) is 43.4. The molecule has 1 nitrogen and oxygen atoms in total. The van der Waals surface area contributed by atoms with Gasteiger partial charge >= 0.3 is 0 Å². The third kappa shape index (κ3) is 4.41. The van der Waals surface area contributed by atoms with Gasteiger partial charge in [0.2, 0.25) is 0 Å². The standard InChI is InChI=1S/C49H37NS/c1-2-10-34(11-3-1)39-12-5-8-16-46(39)50(38-25-27-43-42-14-6-9-17-47(42)51-48(43)30-38)37-23-19-33(20-24-37)35-21-26-41-40-13-4-7-15-44(40)49(45(41)29-35)31-32-18-22-36(49)28-32/h1-2,4-10,12-17,19-21,23-24,26,29-30,32,36H,3,11,18,22,28,31H2. The monoisotopic (exact) mass is 671 g/mol. The second-order valence-corrected chi connectivity index (χ2v) is 16.1. The molecule has 3 atom stereocenters. The van der Waals surface area contributed by atoms with E-state index in [1.165, 1.54) is 79.4 Å². The van der Waals surface area contributed by atoms with Crippen molar-refractivity contribution in [2.24, 2.45) is 11.8 Å². The van der Waals surface area contributed by atoms with Crippen LogP contribution in [-0.4, -0.2) is 0 Å². The van der Waals surface area contributed by atoms with E-state index in [4.69, 9.17) is 0 Å². The van der Waals surface area contributed by atoms with Crippen LogP contribution in [0.1, 0.15) is 55.2 Å². The Balaban J connectivity index is 1.04. The summed E-state index contributed by atoms with van der Waals surface area (Å²) in [5.74, 6) is 1.63. The Morgan fingerprint density at radius 1 is 0.725 bits per heavy atom. The Kier molecular flexibility index (Phi) is 6.52. The summed E-state index contributed by atoms with van der Waals surface area (Å²) >= 11 is 1.83. The Hall–Kier alpha value is -5.36. The molecule has 2 fully saturated rings. The fourth-order valence-electron chi connectivity index (χ4n) is 10.2. The maximum atomic E-state index is 3.62. The largest absolute Gasteiger partial charge is 0.303 e. The van der Waals surface area contributed by atoms with Crippen LogP contribution in [0.15, 0.2) is 145 Å². The van der Waals surface area contributed by atoms with Crippen LogP contribution in [0.4, 0.5) is 11.4 Å². The van der Waals surface area contributed by atoms with Crippen LogP contribution in [0.5, 0.6) is 0 Å². The quantitative estimate of drug-likeness (QED) is 0.165. The Labute approximate surface area is 303 Å². The Morgan fingerprint density at radius 2 is 1.53 bits per heavy atom. The zero-order chi connectivity index (χ0) is 33.5. The van der Waals surface area contributed by atoms with Gasteiger partial charge in [0.15, 0.2) is 0 Å². The van der Waals surface area contributed by atoms with Crippen LogP contribution in [0.25, 0.3) is 49.7 Å². The van der Waals surface area contributed by atoms with Gasteiger partial charge in [0.1, 0.15) is 0 Å². The van der Waals surface area contributed by atoms with Gasteiger partial charge in [0, 0.05) is 31.3 Å². The first-order chi connectivity index (χ1) is 25.2. The number of nitrogens with zero attached hydrogens (tertiary/aromatic N) is 1. The molecule has 5 aliphatic rings. The average molecular weight is 672 g/mol. The van der Waals surface area contributed by atoms with Gasteiger partial charge in [-0.3, -0.25) is 0 Å². The second kappa shape index (κ2) is 11.3. The molecule has 244 valence electrons. The molecule has 1 aromatic heterocycles. The first-order valence-electron chi connectivity index (χ1n) is 18.6. The van der Waals surface area contributed by atoms with Crippen molar-refractivity contribution < 1.29 is 0 Å². The number of para-hydroxylation sites is 1. The number of allylic oxidation sites excluding steroid dienone is 5. The van der Waals surface area contributed by atoms with Gasteiger partial charge in [-0.2, -0.15) is 0 Å². The van der Waals surface area contributed by atoms with Crippen molar-refractivity contribution in [3.8, 4) is 22.3 Å². The first kappa shape index (κ1) is 29.4. The molecule has 51 heavy (non-hydrogen) atoms. The molecule has 3 unspecified atom stereocenters. The van der Waals surface area contributed by atoms with Crippen LogP contribution in [0, 0.1) is 11.8 Å². The summed E-state index contributed by atoms with van der Waals surface area (Å²) in [4.78, 5) is 2.39. The number of fused-ring (bicyclic) bond motifs is 11. The smallest absolute Gasteiger partial charge is 0.0988 e. The molecule has 2 saturated carbocycles. The Morgan fingerprint density at radius 3 is 2.37 bits per heavy atom. The van der Waals surface area contributed by atoms with Gasteiger partial charge in [0.25, 0.3) is 0 Å². The lowest BCUT2D eigenvalue weighted by molar-refractivity contribution is 0.327. The molecule has 0 radical (unpaired) electrons. The highest BCUT2D eigenvalue weighted by Crippen LogP contribution is 2.65. The van der Waals surface area contributed by atoms with Crippen molar-refractivity contribution in [2.45, 2.75) is 43.9 Å². The molecule has 5 aromatic carbocycles. The van der Waals surface area contributed by atoms with Crippen molar-refractivity contribution in [2.75, 3.05) is 4.90 Å². The molecule has 2 heteroatoms. The maximum Gasteiger partial charge on any atom is 0.0988 e. The number of hydrogen-bond acceptors (Lipinski definition) is 2. The second-order valence-electron chi connectivity index (χ2n) is 15.0. The molecular weight excluding hydrogens is 635 g/mol. The molecule has 11 rings (SSSR count). The van der Waals surface area contributed by atoms with E-state index >= 15 is 0 Å². The highest BCUT2D eigenvalue weighted by molar-refractivity contribution is 7.17. The minimum Gasteiger partial charge on any atom is -0.303 e. The summed E-state index contributed by atoms with van der Waals surface area (Å²) in [6.07, 6.45) is 16.6. The average Bonchev–Trinajstić information content (AvgIpc) is 3.97. The normalized spacial score (nSPS) is 21.9. The molecule has 2 bridgehead atoms. The van der Waals surface area contributed by atoms with E-state index in [9.17, 15) is 0 Å². The lowest BCUT2D eigenvalue weighted by Gasteiger charge is -2.36. The Bertz CT molecular complexity index is 2690. The molecule has 0 aliphatic heterocycles. The summed E-state index contributed by atoms with van der Waals surface area (Å²) in [6.45, 7) is 0. The van der Waals surface area contributed by atoms with Crippen molar-refractivity contribution in [3.63, 3.8) is 0 Å². The van der Waals surface area contributed by atoms with Gasteiger partial charge in [0.05, 0.1) is 16.6 Å². The van der Waals surface area contributed by atoms with Gasteiger partial charge in [-0.1, -0.05) is 115 Å². The fourth-order valence-corrected chi connectivity index (χ4v) is 11.3. The summed E-state index contributed by atoms with van der Waals surface area (Å²) in [5, 5.41) is 2.40. The van der Waals surface area contributed by atoms with E-state index in [0.29, 0.717) is 0 Å². The van der Waals surface area contributed by atoms with Crippen molar-refractivity contribution in [1.29, 1.82) is 0 Å². The summed E-state index contributed by atoms with van der Waals surface area (Å²) in [5.41, 5.74) is 22.0. The molecule has 0 saturated heterocycles. The minimum atomic E-state index is 0.186. The topological polar surface area (TPSA) is 3.24 Å². The SMILES string of the molecule is C1=C=c2c(sc3ccccc23)=CC=1N(c1ccc(-c2ccc3c(c2)C2(CC4CCC2C4)c2ccccc2-3)cc1)c1ccccc1C1=CC=CCC1. The molecule has 1 spiro atoms. The predicted octanol–water partition coefficient (Wildman–Crippen LogP) is 11.4. The van der Waals surface area contributed by atoms with E-state index in [1.54, 1.807) is 11.1 Å². The van der Waals surface area contributed by atoms with Gasteiger partial charge in [-0.25, -0.2) is 0 Å². The van der Waals surface area contributed by atoms with Gasteiger partial charge in [-0.05, 0) is 125 Å². The van der Waals surface area contributed by atoms with Crippen molar-refractivity contribution in [3.05, 3.63) is 171 Å². The molecule has 0 N–H and O–H groups in total. The molecule has 5 aliphatic carbocycles. The van der Waals surface area contributed by atoms with E-state index in [0.717, 1.165) is 41.3 Å². The lowest BCUT2D eigenvalue weighted by Crippen LogP contribution is -2.31. The number of hydrogen-bond donors (Lipinski definition) is 0. The molecule has 0 amide bonds. The van der Waals surface area contributed by atoms with E-state index in [2.05, 4.69) is 156 Å². The highest BCUT2D eigenvalue weighted by atomic mass is 32.1. The fraction of sp³-hybridized carbons (Fsp3) is 0.184. The van der Waals surface area contributed by atoms with Crippen LogP contribution in [0.3, 0.4) is 0 Å². The van der Waals surface area contributed by atoms with E-state index in [1.807, 2.05) is 11.3 Å². The zero-order valence-corrected chi connectivity index (χ0v) is 29.3. The van der Waals surface area contributed by atoms with Gasteiger partial charge < -0.3 is 4.90 Å². The summed E-state index contributed by atoms with van der Waals surface area (Å²) < 4.78 is 2.52. The third-order valence-corrected chi connectivity index (χ3v) is 13.6. The predicted molar refractivity (Wildman–Crippen MR) is 214 cm³/mol. The van der Waals surface area contributed by atoms with Crippen LogP contribution in [0.2, 0.25) is 0 Å². The number of rotatable bonds is 5. The summed E-state index contributed by atoms with van der Waals surface area (Å²) in [7, 11) is 0. The third-order valence-electron chi connectivity index (χ3n) is 12.5. The van der Waals surface area contributed by atoms with Crippen LogP contribution >= 0.6 is 11.3 Å². The van der Waals surface area contributed by atoms with E-state index < -0.39 is 0 Å². The van der Waals surface area contributed by atoms with Gasteiger partial charge in [-0.15, -0.1) is 11.3 Å². The molecule has 1 heterocycles. The lowest BCUT2D eigenvalue weighted by atomic mass is 9.66. The minimum absolute atomic E-state index is 0.186.